The van der Waals surface area contributed by atoms with Crippen molar-refractivity contribution in [3.8, 4) is 6.07 Å². The third kappa shape index (κ3) is 3.07. The van der Waals surface area contributed by atoms with Crippen molar-refractivity contribution in [3.05, 3.63) is 30.1 Å². The van der Waals surface area contributed by atoms with E-state index in [0.29, 0.717) is 31.6 Å². The standard InChI is InChI=1S/C19H22FN5O2/c20-12-3-1-4-13(7-12)25-15-8-17(19(25)27)23(10-15)11-16(22)18(26)24-6-2-5-14(24)9-21/h1,3-4,7,14-17H,2,5-6,8,10-11,22H2/t14?,15-,16?,17?/m0/s1. The summed E-state index contributed by atoms with van der Waals surface area (Å²) < 4.78 is 13.5. The first-order valence-electron chi connectivity index (χ1n) is 9.28. The monoisotopic (exact) mass is 371 g/mol. The van der Waals surface area contributed by atoms with Crippen LogP contribution >= 0.6 is 0 Å². The Morgan fingerprint density at radius 1 is 1.44 bits per heavy atom. The zero-order valence-corrected chi connectivity index (χ0v) is 14.9. The molecule has 1 aromatic carbocycles. The molecule has 3 aliphatic rings. The first kappa shape index (κ1) is 17.9. The number of carbonyl (C=O) groups is 2. The molecule has 0 aliphatic carbocycles. The van der Waals surface area contributed by atoms with Crippen molar-refractivity contribution in [3.63, 3.8) is 0 Å². The van der Waals surface area contributed by atoms with Crippen LogP contribution in [0.4, 0.5) is 10.1 Å². The number of hydrogen-bond acceptors (Lipinski definition) is 5. The van der Waals surface area contributed by atoms with Crippen LogP contribution in [-0.4, -0.2) is 65.4 Å². The number of amides is 2. The van der Waals surface area contributed by atoms with Gasteiger partial charge in [-0.15, -0.1) is 0 Å². The Morgan fingerprint density at radius 2 is 2.26 bits per heavy atom. The number of nitriles is 1. The average Bonchev–Trinajstić information content (AvgIpc) is 3.35. The van der Waals surface area contributed by atoms with Gasteiger partial charge in [-0.25, -0.2) is 4.39 Å². The second kappa shape index (κ2) is 6.91. The van der Waals surface area contributed by atoms with E-state index in [9.17, 15) is 14.0 Å². The second-order valence-electron chi connectivity index (χ2n) is 7.47. The van der Waals surface area contributed by atoms with Gasteiger partial charge in [0.05, 0.1) is 24.2 Å². The average molecular weight is 371 g/mol. The van der Waals surface area contributed by atoms with Crippen LogP contribution in [-0.2, 0) is 9.59 Å². The number of benzene rings is 1. The maximum Gasteiger partial charge on any atom is 0.244 e. The predicted octanol–water partition coefficient (Wildman–Crippen LogP) is 0.457. The number of piperazine rings is 1. The first-order chi connectivity index (χ1) is 13.0. The van der Waals surface area contributed by atoms with Gasteiger partial charge in [0.2, 0.25) is 11.8 Å². The van der Waals surface area contributed by atoms with E-state index in [-0.39, 0.29) is 36.3 Å². The number of rotatable bonds is 4. The number of nitrogens with two attached hydrogens (primary N) is 1. The summed E-state index contributed by atoms with van der Waals surface area (Å²) in [6, 6.07) is 6.68. The van der Waals surface area contributed by atoms with Crippen molar-refractivity contribution >= 4 is 17.5 Å². The highest BCUT2D eigenvalue weighted by atomic mass is 19.1. The van der Waals surface area contributed by atoms with Crippen LogP contribution in [0.15, 0.2) is 24.3 Å². The number of hydrogen-bond donors (Lipinski definition) is 1. The molecule has 4 rings (SSSR count). The molecule has 1 aromatic rings. The smallest absolute Gasteiger partial charge is 0.244 e. The van der Waals surface area contributed by atoms with Gasteiger partial charge in [-0.05, 0) is 37.5 Å². The van der Waals surface area contributed by atoms with E-state index in [1.54, 1.807) is 21.9 Å². The van der Waals surface area contributed by atoms with E-state index in [1.807, 2.05) is 4.90 Å². The van der Waals surface area contributed by atoms with Gasteiger partial charge >= 0.3 is 0 Å². The highest BCUT2D eigenvalue weighted by Gasteiger charge is 2.50. The summed E-state index contributed by atoms with van der Waals surface area (Å²) in [5.41, 5.74) is 6.69. The molecule has 3 fully saturated rings. The molecule has 3 unspecified atom stereocenters. The Hall–Kier alpha value is -2.50. The molecule has 142 valence electrons. The van der Waals surface area contributed by atoms with Gasteiger partial charge in [-0.1, -0.05) is 6.07 Å². The molecular weight excluding hydrogens is 349 g/mol. The predicted molar refractivity (Wildman–Crippen MR) is 96.0 cm³/mol. The van der Waals surface area contributed by atoms with Crippen LogP contribution < -0.4 is 10.6 Å². The van der Waals surface area contributed by atoms with Gasteiger partial charge in [-0.3, -0.25) is 14.5 Å². The molecule has 4 atom stereocenters. The van der Waals surface area contributed by atoms with Crippen LogP contribution in [0.2, 0.25) is 0 Å². The van der Waals surface area contributed by atoms with Gasteiger partial charge in [0.15, 0.2) is 0 Å². The fraction of sp³-hybridized carbons (Fsp3) is 0.526. The maximum atomic E-state index is 13.5. The van der Waals surface area contributed by atoms with Gasteiger partial charge in [0, 0.05) is 25.3 Å². The molecular formula is C19H22FN5O2. The molecule has 0 spiro atoms. The molecule has 3 heterocycles. The third-order valence-corrected chi connectivity index (χ3v) is 5.79. The van der Waals surface area contributed by atoms with E-state index in [1.165, 1.54) is 12.1 Å². The quantitative estimate of drug-likeness (QED) is 0.830. The van der Waals surface area contributed by atoms with Crippen LogP contribution in [0.25, 0.3) is 0 Å². The number of fused-ring (bicyclic) bond motifs is 2. The lowest BCUT2D eigenvalue weighted by atomic mass is 10.2. The number of nitrogens with zero attached hydrogens (tertiary/aromatic N) is 4. The Morgan fingerprint density at radius 3 is 2.96 bits per heavy atom. The largest absolute Gasteiger partial charge is 0.325 e. The lowest BCUT2D eigenvalue weighted by molar-refractivity contribution is -0.134. The molecule has 7 nitrogen and oxygen atoms in total. The molecule has 0 aromatic heterocycles. The molecule has 0 saturated carbocycles. The fourth-order valence-corrected chi connectivity index (χ4v) is 4.54. The summed E-state index contributed by atoms with van der Waals surface area (Å²) in [7, 11) is 0. The van der Waals surface area contributed by atoms with Crippen LogP contribution in [0.3, 0.4) is 0 Å². The Kier molecular flexibility index (Phi) is 4.58. The zero-order valence-electron chi connectivity index (χ0n) is 14.9. The fourth-order valence-electron chi connectivity index (χ4n) is 4.54. The van der Waals surface area contributed by atoms with Gasteiger partial charge in [0.25, 0.3) is 0 Å². The summed E-state index contributed by atoms with van der Waals surface area (Å²) >= 11 is 0. The van der Waals surface area contributed by atoms with E-state index in [2.05, 4.69) is 6.07 Å². The highest BCUT2D eigenvalue weighted by Crippen LogP contribution is 2.35. The first-order valence-corrected chi connectivity index (χ1v) is 9.28. The summed E-state index contributed by atoms with van der Waals surface area (Å²) in [5.74, 6) is -0.672. The van der Waals surface area contributed by atoms with Crippen LogP contribution in [0.1, 0.15) is 19.3 Å². The second-order valence-corrected chi connectivity index (χ2v) is 7.47. The topological polar surface area (TPSA) is 93.7 Å². The SMILES string of the molecule is N#CC1CCCN1C(=O)C(N)CN1C[C@@H]2CC1C(=O)N2c1cccc(F)c1. The highest BCUT2D eigenvalue weighted by molar-refractivity contribution is 6.01. The van der Waals surface area contributed by atoms with Gasteiger partial charge < -0.3 is 15.5 Å². The lowest BCUT2D eigenvalue weighted by Crippen LogP contribution is -2.56. The summed E-state index contributed by atoms with van der Waals surface area (Å²) in [6.45, 7) is 1.45. The molecule has 3 saturated heterocycles. The Balaban J connectivity index is 1.41. The Labute approximate surface area is 157 Å². The Bertz CT molecular complexity index is 810. The van der Waals surface area contributed by atoms with Gasteiger partial charge in [-0.2, -0.15) is 5.26 Å². The minimum atomic E-state index is -0.756. The number of carbonyl (C=O) groups excluding carboxylic acids is 2. The van der Waals surface area contributed by atoms with E-state index in [0.717, 1.165) is 6.42 Å². The minimum absolute atomic E-state index is 0.0368. The molecule has 27 heavy (non-hydrogen) atoms. The van der Waals surface area contributed by atoms with Crippen molar-refractivity contribution in [2.24, 2.45) is 5.73 Å². The van der Waals surface area contributed by atoms with Crippen LogP contribution in [0, 0.1) is 17.1 Å². The van der Waals surface area contributed by atoms with E-state index < -0.39 is 12.1 Å². The number of likely N-dealkylation sites (tertiary alicyclic amines) is 2. The van der Waals surface area contributed by atoms with Gasteiger partial charge in [0.1, 0.15) is 11.9 Å². The molecule has 2 N–H and O–H groups in total. The van der Waals surface area contributed by atoms with Crippen molar-refractivity contribution in [1.29, 1.82) is 5.26 Å². The molecule has 2 bridgehead atoms. The van der Waals surface area contributed by atoms with Crippen molar-refractivity contribution in [2.75, 3.05) is 24.5 Å². The number of anilines is 1. The molecule has 3 aliphatic heterocycles. The summed E-state index contributed by atoms with van der Waals surface area (Å²) in [5, 5.41) is 9.16. The minimum Gasteiger partial charge on any atom is -0.325 e. The number of halogens is 1. The molecule has 0 radical (unpaired) electrons. The van der Waals surface area contributed by atoms with Crippen LogP contribution in [0.5, 0.6) is 0 Å². The zero-order chi connectivity index (χ0) is 19.1. The third-order valence-electron chi connectivity index (χ3n) is 5.79. The van der Waals surface area contributed by atoms with Crippen molar-refractivity contribution in [1.82, 2.24) is 9.80 Å². The summed E-state index contributed by atoms with van der Waals surface area (Å²) in [6.07, 6.45) is 2.15. The normalized spacial score (nSPS) is 28.6. The van der Waals surface area contributed by atoms with E-state index >= 15 is 0 Å². The molecule has 2 amide bonds. The lowest BCUT2D eigenvalue weighted by Gasteiger charge is -2.35. The van der Waals surface area contributed by atoms with Crippen molar-refractivity contribution < 1.29 is 14.0 Å². The molecule has 8 heteroatoms. The van der Waals surface area contributed by atoms with Crippen molar-refractivity contribution in [2.45, 2.75) is 43.4 Å². The maximum absolute atomic E-state index is 13.5. The summed E-state index contributed by atoms with van der Waals surface area (Å²) in [4.78, 5) is 30.5. The van der Waals surface area contributed by atoms with E-state index in [4.69, 9.17) is 11.0 Å².